The largest absolute Gasteiger partial charge is 0.293 e. The van der Waals surface area contributed by atoms with E-state index in [1.54, 1.807) is 22.7 Å². The van der Waals surface area contributed by atoms with E-state index in [2.05, 4.69) is 11.1 Å². The van der Waals surface area contributed by atoms with Crippen LogP contribution >= 0.6 is 34.4 Å². The number of Topliss-reactive ketones (excluding diaryl/α,β-unsaturated/α-hetero) is 1. The number of aryl methyl sites for hydroxylation is 2. The molecule has 2 nitrogen and oxygen atoms in total. The second-order valence-corrected chi connectivity index (χ2v) is 7.53. The smallest absolute Gasteiger partial charge is 0.179 e. The number of carbonyl (C=O) groups is 1. The molecule has 0 aromatic carbocycles. The fraction of sp³-hybridized carbons (Fsp3) is 0.385. The first kappa shape index (κ1) is 12.4. The number of hydrogen-bond acceptors (Lipinski definition) is 5. The minimum absolute atomic E-state index is 0.216. The quantitative estimate of drug-likeness (QED) is 0.808. The molecule has 1 aliphatic rings. The van der Waals surface area contributed by atoms with Gasteiger partial charge in [0.05, 0.1) is 11.3 Å². The fourth-order valence-corrected chi connectivity index (χ4v) is 5.07. The molecular weight excluding hydrogens is 282 g/mol. The van der Waals surface area contributed by atoms with Gasteiger partial charge in [0.25, 0.3) is 0 Å². The number of thioether (sulfide) groups is 1. The summed E-state index contributed by atoms with van der Waals surface area (Å²) in [6.45, 7) is 1.96. The van der Waals surface area contributed by atoms with Crippen LogP contribution in [0.3, 0.4) is 0 Å². The predicted octanol–water partition coefficient (Wildman–Crippen LogP) is 3.73. The van der Waals surface area contributed by atoms with Crippen molar-refractivity contribution in [3.63, 3.8) is 0 Å². The molecule has 1 aliphatic heterocycles. The van der Waals surface area contributed by atoms with Gasteiger partial charge < -0.3 is 0 Å². The van der Waals surface area contributed by atoms with Crippen LogP contribution in [0.5, 0.6) is 0 Å². The highest BCUT2D eigenvalue weighted by molar-refractivity contribution is 7.98. The monoisotopic (exact) mass is 295 g/mol. The van der Waals surface area contributed by atoms with E-state index in [1.165, 1.54) is 16.2 Å². The molecule has 0 bridgehead atoms. The molecule has 0 fully saturated rings. The Balaban J connectivity index is 1.78. The molecule has 0 spiro atoms. The zero-order valence-electron chi connectivity index (χ0n) is 10.1. The van der Waals surface area contributed by atoms with Crippen LogP contribution in [0.4, 0.5) is 0 Å². The number of nitrogens with zero attached hydrogens (tertiary/aromatic N) is 1. The summed E-state index contributed by atoms with van der Waals surface area (Å²) in [5.74, 6) is 2.47. The van der Waals surface area contributed by atoms with Gasteiger partial charge in [0.2, 0.25) is 0 Å². The third kappa shape index (κ3) is 2.53. The lowest BCUT2D eigenvalue weighted by molar-refractivity contribution is 0.0996. The molecule has 0 saturated carbocycles. The number of thiazole rings is 1. The van der Waals surface area contributed by atoms with Gasteiger partial charge in [-0.3, -0.25) is 4.79 Å². The molecule has 0 aliphatic carbocycles. The maximum Gasteiger partial charge on any atom is 0.179 e. The van der Waals surface area contributed by atoms with Crippen molar-refractivity contribution < 1.29 is 4.79 Å². The number of thiophene rings is 1. The first-order valence-corrected chi connectivity index (χ1v) is 8.71. The number of carbonyl (C=O) groups excluding carboxylic acids is 1. The minimum Gasteiger partial charge on any atom is -0.293 e. The molecule has 0 atom stereocenters. The SMILES string of the molecule is Cc1csc(CC(=O)c2cc3c(s2)CCSC3)n1. The third-order valence-corrected chi connectivity index (χ3v) is 6.13. The second kappa shape index (κ2) is 5.15. The second-order valence-electron chi connectivity index (χ2n) is 4.34. The van der Waals surface area contributed by atoms with Crippen molar-refractivity contribution in [2.45, 2.75) is 25.5 Å². The van der Waals surface area contributed by atoms with Gasteiger partial charge in [-0.05, 0) is 30.7 Å². The van der Waals surface area contributed by atoms with Crippen LogP contribution in [0.2, 0.25) is 0 Å². The van der Waals surface area contributed by atoms with E-state index in [9.17, 15) is 4.79 Å². The van der Waals surface area contributed by atoms with Gasteiger partial charge in [0.1, 0.15) is 5.01 Å². The molecule has 0 amide bonds. The Bertz CT molecular complexity index is 561. The zero-order chi connectivity index (χ0) is 12.5. The molecule has 3 rings (SSSR count). The van der Waals surface area contributed by atoms with Crippen molar-refractivity contribution in [1.82, 2.24) is 4.98 Å². The molecule has 94 valence electrons. The summed E-state index contributed by atoms with van der Waals surface area (Å²) in [7, 11) is 0. The molecular formula is C13H13NOS3. The van der Waals surface area contributed by atoms with Crippen molar-refractivity contribution in [3.05, 3.63) is 37.5 Å². The lowest BCUT2D eigenvalue weighted by Gasteiger charge is -2.08. The van der Waals surface area contributed by atoms with Gasteiger partial charge in [0.15, 0.2) is 5.78 Å². The Morgan fingerprint density at radius 3 is 3.11 bits per heavy atom. The van der Waals surface area contributed by atoms with Gasteiger partial charge in [-0.2, -0.15) is 11.8 Å². The van der Waals surface area contributed by atoms with Crippen LogP contribution in [0.25, 0.3) is 0 Å². The highest BCUT2D eigenvalue weighted by atomic mass is 32.2. The van der Waals surface area contributed by atoms with E-state index in [0.717, 1.165) is 27.8 Å². The van der Waals surface area contributed by atoms with E-state index >= 15 is 0 Å². The van der Waals surface area contributed by atoms with Crippen LogP contribution in [-0.4, -0.2) is 16.5 Å². The van der Waals surface area contributed by atoms with Gasteiger partial charge in [0, 0.05) is 21.7 Å². The van der Waals surface area contributed by atoms with E-state index in [4.69, 9.17) is 0 Å². The Hall–Kier alpha value is -0.650. The average molecular weight is 295 g/mol. The van der Waals surface area contributed by atoms with Gasteiger partial charge in [-0.15, -0.1) is 22.7 Å². The fourth-order valence-electron chi connectivity index (χ4n) is 1.99. The molecule has 0 N–H and O–H groups in total. The maximum absolute atomic E-state index is 12.2. The number of rotatable bonds is 3. The lowest BCUT2D eigenvalue weighted by atomic mass is 10.2. The zero-order valence-corrected chi connectivity index (χ0v) is 12.5. The standard InChI is InChI=1S/C13H13NOS3/c1-8-6-17-13(14-8)5-10(15)12-4-9-7-16-3-2-11(9)18-12/h4,6H,2-3,5,7H2,1H3. The van der Waals surface area contributed by atoms with Gasteiger partial charge in [-0.25, -0.2) is 4.98 Å². The summed E-state index contributed by atoms with van der Waals surface area (Å²) in [6, 6.07) is 2.09. The lowest BCUT2D eigenvalue weighted by Crippen LogP contribution is -2.00. The van der Waals surface area contributed by atoms with Crippen molar-refractivity contribution >= 4 is 40.2 Å². The summed E-state index contributed by atoms with van der Waals surface area (Å²) in [4.78, 5) is 18.9. The average Bonchev–Trinajstić information content (AvgIpc) is 2.95. The molecule has 5 heteroatoms. The summed E-state index contributed by atoms with van der Waals surface area (Å²) < 4.78 is 0. The Morgan fingerprint density at radius 2 is 2.39 bits per heavy atom. The summed E-state index contributed by atoms with van der Waals surface area (Å²) >= 11 is 5.21. The first-order chi connectivity index (χ1) is 8.72. The molecule has 0 radical (unpaired) electrons. The van der Waals surface area contributed by atoms with E-state index < -0.39 is 0 Å². The van der Waals surface area contributed by atoms with E-state index in [0.29, 0.717) is 6.42 Å². The number of fused-ring (bicyclic) bond motifs is 1. The molecule has 2 aromatic rings. The van der Waals surface area contributed by atoms with Crippen LogP contribution < -0.4 is 0 Å². The molecule has 0 unspecified atom stereocenters. The normalized spacial score (nSPS) is 14.5. The summed E-state index contributed by atoms with van der Waals surface area (Å²) in [5, 5.41) is 2.93. The van der Waals surface area contributed by atoms with Gasteiger partial charge in [-0.1, -0.05) is 0 Å². The van der Waals surface area contributed by atoms with Crippen molar-refractivity contribution in [2.75, 3.05) is 5.75 Å². The predicted molar refractivity (Wildman–Crippen MR) is 79.1 cm³/mol. The number of ketones is 1. The molecule has 2 aromatic heterocycles. The molecule has 3 heterocycles. The highest BCUT2D eigenvalue weighted by Crippen LogP contribution is 2.32. The third-order valence-electron chi connectivity index (χ3n) is 2.88. The van der Waals surface area contributed by atoms with Crippen molar-refractivity contribution in [2.24, 2.45) is 0 Å². The Kier molecular flexibility index (Phi) is 3.54. The van der Waals surface area contributed by atoms with Crippen LogP contribution in [0.1, 0.15) is 30.8 Å². The van der Waals surface area contributed by atoms with Crippen LogP contribution in [0, 0.1) is 6.92 Å². The van der Waals surface area contributed by atoms with Crippen LogP contribution in [0.15, 0.2) is 11.4 Å². The number of hydrogen-bond donors (Lipinski definition) is 0. The van der Waals surface area contributed by atoms with Gasteiger partial charge >= 0.3 is 0 Å². The summed E-state index contributed by atoms with van der Waals surface area (Å²) in [5.41, 5.74) is 2.37. The van der Waals surface area contributed by atoms with E-state index in [-0.39, 0.29) is 5.78 Å². The number of aromatic nitrogens is 1. The van der Waals surface area contributed by atoms with Crippen LogP contribution in [-0.2, 0) is 18.6 Å². The first-order valence-electron chi connectivity index (χ1n) is 5.86. The summed E-state index contributed by atoms with van der Waals surface area (Å²) in [6.07, 6.45) is 1.57. The Morgan fingerprint density at radius 1 is 1.50 bits per heavy atom. The van der Waals surface area contributed by atoms with Crippen molar-refractivity contribution in [1.29, 1.82) is 0 Å². The maximum atomic E-state index is 12.2. The van der Waals surface area contributed by atoms with E-state index in [1.807, 2.05) is 24.1 Å². The molecule has 18 heavy (non-hydrogen) atoms. The minimum atomic E-state index is 0.216. The Labute approximate surface area is 118 Å². The highest BCUT2D eigenvalue weighted by Gasteiger charge is 2.18. The van der Waals surface area contributed by atoms with Crippen molar-refractivity contribution in [3.8, 4) is 0 Å². The topological polar surface area (TPSA) is 30.0 Å². The molecule has 0 saturated heterocycles.